The molecule has 0 aliphatic rings. The number of aromatic hydroxyl groups is 1. The predicted octanol–water partition coefficient (Wildman–Crippen LogP) is 2.39. The summed E-state index contributed by atoms with van der Waals surface area (Å²) < 4.78 is 0.685. The number of benzene rings is 1. The second-order valence-corrected chi connectivity index (χ2v) is 3.09. The molecule has 0 fully saturated rings. The zero-order valence-electron chi connectivity index (χ0n) is 4.94. The van der Waals surface area contributed by atoms with Crippen LogP contribution in [0, 0.1) is 0 Å². The Hall–Kier alpha value is -0.410. The lowest BCUT2D eigenvalue weighted by Crippen LogP contribution is -1.84. The summed E-state index contributed by atoms with van der Waals surface area (Å²) in [5.41, 5.74) is 5.67. The van der Waals surface area contributed by atoms with E-state index in [1.807, 2.05) is 0 Å². The van der Waals surface area contributed by atoms with Crippen molar-refractivity contribution in [2.24, 2.45) is 0 Å². The fourth-order valence-corrected chi connectivity index (χ4v) is 1.07. The molecule has 0 atom stereocenters. The number of phenolic OH excluding ortho intramolecular Hbond substituents is 1. The van der Waals surface area contributed by atoms with Crippen molar-refractivity contribution in [1.82, 2.24) is 0 Å². The molecule has 0 amide bonds. The van der Waals surface area contributed by atoms with Gasteiger partial charge in [0.05, 0.1) is 10.7 Å². The molecule has 0 aromatic heterocycles. The van der Waals surface area contributed by atoms with Crippen molar-refractivity contribution < 1.29 is 5.11 Å². The Morgan fingerprint density at radius 3 is 2.60 bits per heavy atom. The number of rotatable bonds is 0. The Balaban J connectivity index is 3.28. The largest absolute Gasteiger partial charge is 0.506 e. The van der Waals surface area contributed by atoms with Gasteiger partial charge in [-0.2, -0.15) is 0 Å². The maximum Gasteiger partial charge on any atom is 0.140 e. The van der Waals surface area contributed by atoms with Gasteiger partial charge in [0.1, 0.15) is 5.75 Å². The van der Waals surface area contributed by atoms with E-state index in [2.05, 4.69) is 15.9 Å². The highest BCUT2D eigenvalue weighted by Gasteiger charge is 2.01. The van der Waals surface area contributed by atoms with Crippen molar-refractivity contribution >= 4 is 33.2 Å². The topological polar surface area (TPSA) is 46.2 Å². The highest BCUT2D eigenvalue weighted by molar-refractivity contribution is 9.10. The molecule has 0 spiro atoms. The minimum atomic E-state index is 0.00759. The van der Waals surface area contributed by atoms with Crippen LogP contribution in [0.5, 0.6) is 5.75 Å². The van der Waals surface area contributed by atoms with Crippen LogP contribution >= 0.6 is 27.5 Å². The molecule has 0 saturated carbocycles. The Labute approximate surface area is 71.7 Å². The standard InChI is InChI=1S/C6H5BrClNO/c7-3-1-5(9)6(10)2-4(3)8/h1-2,10H,9H2. The molecule has 1 rings (SSSR count). The highest BCUT2D eigenvalue weighted by Crippen LogP contribution is 2.31. The summed E-state index contributed by atoms with van der Waals surface area (Å²) in [7, 11) is 0. The van der Waals surface area contributed by atoms with Crippen molar-refractivity contribution in [2.45, 2.75) is 0 Å². The van der Waals surface area contributed by atoms with Gasteiger partial charge in [-0.15, -0.1) is 0 Å². The number of nitrogen functional groups attached to an aromatic ring is 1. The van der Waals surface area contributed by atoms with E-state index in [-0.39, 0.29) is 5.75 Å². The van der Waals surface area contributed by atoms with E-state index in [0.29, 0.717) is 15.2 Å². The van der Waals surface area contributed by atoms with E-state index in [1.165, 1.54) is 6.07 Å². The number of anilines is 1. The first kappa shape index (κ1) is 7.69. The maximum atomic E-state index is 8.99. The first-order valence-corrected chi connectivity index (χ1v) is 3.72. The zero-order valence-corrected chi connectivity index (χ0v) is 7.28. The van der Waals surface area contributed by atoms with Crippen molar-refractivity contribution in [1.29, 1.82) is 0 Å². The molecular formula is C6H5BrClNO. The fraction of sp³-hybridized carbons (Fsp3) is 0. The Morgan fingerprint density at radius 2 is 2.10 bits per heavy atom. The van der Waals surface area contributed by atoms with Crippen LogP contribution in [0.4, 0.5) is 5.69 Å². The van der Waals surface area contributed by atoms with E-state index in [0.717, 1.165) is 0 Å². The summed E-state index contributed by atoms with van der Waals surface area (Å²) in [5, 5.41) is 9.44. The Morgan fingerprint density at radius 1 is 1.50 bits per heavy atom. The molecule has 1 aromatic carbocycles. The van der Waals surface area contributed by atoms with E-state index in [1.54, 1.807) is 6.07 Å². The molecule has 0 heterocycles. The van der Waals surface area contributed by atoms with Gasteiger partial charge in [0.25, 0.3) is 0 Å². The molecule has 3 N–H and O–H groups in total. The van der Waals surface area contributed by atoms with Crippen LogP contribution in [0.25, 0.3) is 0 Å². The lowest BCUT2D eigenvalue weighted by molar-refractivity contribution is 0.478. The number of hydrogen-bond donors (Lipinski definition) is 2. The third-order valence-electron chi connectivity index (χ3n) is 1.07. The van der Waals surface area contributed by atoms with Gasteiger partial charge in [-0.3, -0.25) is 0 Å². The number of nitrogens with two attached hydrogens (primary N) is 1. The SMILES string of the molecule is Nc1cc(Br)c(Cl)cc1O. The minimum absolute atomic E-state index is 0.00759. The van der Waals surface area contributed by atoms with Gasteiger partial charge in [-0.25, -0.2) is 0 Å². The molecule has 10 heavy (non-hydrogen) atoms. The van der Waals surface area contributed by atoms with Gasteiger partial charge in [0.15, 0.2) is 0 Å². The van der Waals surface area contributed by atoms with Gasteiger partial charge >= 0.3 is 0 Å². The zero-order chi connectivity index (χ0) is 7.72. The quantitative estimate of drug-likeness (QED) is 0.523. The second kappa shape index (κ2) is 2.68. The summed E-state index contributed by atoms with van der Waals surface area (Å²) in [6, 6.07) is 2.94. The number of hydrogen-bond acceptors (Lipinski definition) is 2. The molecule has 2 nitrogen and oxygen atoms in total. The normalized spacial score (nSPS) is 9.80. The van der Waals surface area contributed by atoms with Gasteiger partial charge in [0.2, 0.25) is 0 Å². The predicted molar refractivity (Wildman–Crippen MR) is 45.2 cm³/mol. The lowest BCUT2D eigenvalue weighted by atomic mass is 10.3. The van der Waals surface area contributed by atoms with E-state index >= 15 is 0 Å². The van der Waals surface area contributed by atoms with Crippen LogP contribution in [0.15, 0.2) is 16.6 Å². The molecule has 0 radical (unpaired) electrons. The lowest BCUT2D eigenvalue weighted by Gasteiger charge is -1.99. The molecule has 4 heteroatoms. The fourth-order valence-electron chi connectivity index (χ4n) is 0.552. The molecule has 0 aliphatic heterocycles. The van der Waals surface area contributed by atoms with Crippen molar-refractivity contribution in [3.8, 4) is 5.75 Å². The Bertz CT molecular complexity index is 214. The van der Waals surface area contributed by atoms with Crippen LogP contribution in [0.3, 0.4) is 0 Å². The van der Waals surface area contributed by atoms with Gasteiger partial charge in [-0.05, 0) is 22.0 Å². The van der Waals surface area contributed by atoms with Crippen LogP contribution in [-0.4, -0.2) is 5.11 Å². The van der Waals surface area contributed by atoms with Crippen LogP contribution in [0.2, 0.25) is 5.02 Å². The second-order valence-electron chi connectivity index (χ2n) is 1.83. The minimum Gasteiger partial charge on any atom is -0.506 e. The summed E-state index contributed by atoms with van der Waals surface area (Å²) in [6.07, 6.45) is 0. The van der Waals surface area contributed by atoms with E-state index in [4.69, 9.17) is 22.4 Å². The van der Waals surface area contributed by atoms with E-state index < -0.39 is 0 Å². The average molecular weight is 222 g/mol. The average Bonchev–Trinajstić information content (AvgIpc) is 1.84. The molecule has 0 unspecified atom stereocenters. The van der Waals surface area contributed by atoms with Crippen LogP contribution in [0.1, 0.15) is 0 Å². The maximum absolute atomic E-state index is 8.99. The molecule has 0 bridgehead atoms. The van der Waals surface area contributed by atoms with Crippen LogP contribution in [-0.2, 0) is 0 Å². The van der Waals surface area contributed by atoms with Crippen molar-refractivity contribution in [3.05, 3.63) is 21.6 Å². The third-order valence-corrected chi connectivity index (χ3v) is 2.27. The van der Waals surface area contributed by atoms with E-state index in [9.17, 15) is 0 Å². The van der Waals surface area contributed by atoms with Gasteiger partial charge in [-0.1, -0.05) is 11.6 Å². The smallest absolute Gasteiger partial charge is 0.140 e. The monoisotopic (exact) mass is 221 g/mol. The third kappa shape index (κ3) is 1.36. The molecule has 54 valence electrons. The summed E-state index contributed by atoms with van der Waals surface area (Å²) >= 11 is 8.78. The number of halogens is 2. The Kier molecular flexibility index (Phi) is 2.06. The summed E-state index contributed by atoms with van der Waals surface area (Å²) in [6.45, 7) is 0. The van der Waals surface area contributed by atoms with Crippen LogP contribution < -0.4 is 5.73 Å². The summed E-state index contributed by atoms with van der Waals surface area (Å²) in [4.78, 5) is 0. The van der Waals surface area contributed by atoms with Gasteiger partial charge < -0.3 is 10.8 Å². The van der Waals surface area contributed by atoms with Gasteiger partial charge in [0, 0.05) is 10.5 Å². The van der Waals surface area contributed by atoms with Crippen molar-refractivity contribution in [2.75, 3.05) is 5.73 Å². The molecule has 0 aliphatic carbocycles. The number of phenols is 1. The van der Waals surface area contributed by atoms with Crippen molar-refractivity contribution in [3.63, 3.8) is 0 Å². The molecule has 1 aromatic rings. The molecular weight excluding hydrogens is 217 g/mol. The first-order valence-electron chi connectivity index (χ1n) is 2.54. The highest BCUT2D eigenvalue weighted by atomic mass is 79.9. The molecule has 0 saturated heterocycles. The summed E-state index contributed by atoms with van der Waals surface area (Å²) in [5.74, 6) is 0.00759. The first-order chi connectivity index (χ1) is 4.61.